The molecule has 0 bridgehead atoms. The summed E-state index contributed by atoms with van der Waals surface area (Å²) in [5.41, 5.74) is 6.27. The Kier molecular flexibility index (Phi) is 4.78. The molecule has 1 fully saturated rings. The molecule has 0 aromatic heterocycles. The lowest BCUT2D eigenvalue weighted by Gasteiger charge is -2.29. The van der Waals surface area contributed by atoms with E-state index in [-0.39, 0.29) is 18.3 Å². The lowest BCUT2D eigenvalue weighted by molar-refractivity contribution is -0.275. The molecule has 118 valence electrons. The van der Waals surface area contributed by atoms with Gasteiger partial charge in [0.05, 0.1) is 6.04 Å². The number of benzene rings is 1. The van der Waals surface area contributed by atoms with Gasteiger partial charge < -0.3 is 10.5 Å². The molecular weight excluding hydrogens is 281 g/mol. The van der Waals surface area contributed by atoms with Crippen LogP contribution in [0.1, 0.15) is 24.9 Å². The predicted molar refractivity (Wildman–Crippen MR) is 74.8 cm³/mol. The second-order valence-electron chi connectivity index (χ2n) is 5.75. The number of nitrogens with zero attached hydrogens (tertiary/aromatic N) is 1. The number of ether oxygens (including phenoxy) is 1. The summed E-state index contributed by atoms with van der Waals surface area (Å²) in [5, 5.41) is 0. The Balaban J connectivity index is 2.16. The van der Waals surface area contributed by atoms with E-state index >= 15 is 0 Å². The largest absolute Gasteiger partial charge is 0.573 e. The fourth-order valence-electron chi connectivity index (χ4n) is 2.67. The van der Waals surface area contributed by atoms with Crippen molar-refractivity contribution in [2.75, 3.05) is 20.1 Å². The molecule has 0 radical (unpaired) electrons. The fraction of sp³-hybridized carbons (Fsp3) is 0.600. The minimum absolute atomic E-state index is 0.170. The van der Waals surface area contributed by atoms with Crippen LogP contribution in [0.15, 0.2) is 24.3 Å². The SMILES string of the molecule is CC1CC1CN(C)C(CN)c1ccccc1OC(F)(F)F. The Labute approximate surface area is 122 Å². The number of rotatable bonds is 6. The van der Waals surface area contributed by atoms with E-state index in [9.17, 15) is 13.2 Å². The lowest BCUT2D eigenvalue weighted by Crippen LogP contribution is -2.33. The standard InChI is InChI=1S/C15H21F3N2O/c1-10-7-11(10)9-20(2)13(8-19)12-5-3-4-6-14(12)21-15(16,17)18/h3-6,10-11,13H,7-9,19H2,1-2H3. The van der Waals surface area contributed by atoms with Crippen LogP contribution in [0.2, 0.25) is 0 Å². The van der Waals surface area contributed by atoms with E-state index in [1.165, 1.54) is 18.6 Å². The third-order valence-electron chi connectivity index (χ3n) is 4.06. The van der Waals surface area contributed by atoms with E-state index < -0.39 is 6.36 Å². The average molecular weight is 302 g/mol. The van der Waals surface area contributed by atoms with Crippen molar-refractivity contribution >= 4 is 0 Å². The second kappa shape index (κ2) is 6.23. The Bertz CT molecular complexity index is 478. The zero-order valence-corrected chi connectivity index (χ0v) is 12.2. The summed E-state index contributed by atoms with van der Waals surface area (Å²) in [6.45, 7) is 3.26. The van der Waals surface area contributed by atoms with Crippen molar-refractivity contribution in [1.82, 2.24) is 4.90 Å². The van der Waals surface area contributed by atoms with Crippen LogP contribution in [0.25, 0.3) is 0 Å². The maximum absolute atomic E-state index is 12.5. The predicted octanol–water partition coefficient (Wildman–Crippen LogP) is 3.17. The van der Waals surface area contributed by atoms with Crippen molar-refractivity contribution in [2.45, 2.75) is 25.7 Å². The summed E-state index contributed by atoms with van der Waals surface area (Å²) in [4.78, 5) is 2.02. The van der Waals surface area contributed by atoms with Gasteiger partial charge in [0, 0.05) is 18.7 Å². The first-order valence-corrected chi connectivity index (χ1v) is 7.06. The number of hydrogen-bond acceptors (Lipinski definition) is 3. The molecule has 0 spiro atoms. The zero-order valence-electron chi connectivity index (χ0n) is 12.2. The minimum Gasteiger partial charge on any atom is -0.405 e. The van der Waals surface area contributed by atoms with E-state index in [1.54, 1.807) is 12.1 Å². The number of nitrogens with two attached hydrogens (primary N) is 1. The molecule has 1 aromatic rings. The van der Waals surface area contributed by atoms with Crippen molar-refractivity contribution in [3.63, 3.8) is 0 Å². The maximum atomic E-state index is 12.5. The lowest BCUT2D eigenvalue weighted by atomic mass is 10.0. The number of para-hydroxylation sites is 1. The topological polar surface area (TPSA) is 38.5 Å². The Morgan fingerprint density at radius 2 is 2.00 bits per heavy atom. The van der Waals surface area contributed by atoms with Crippen LogP contribution in [0.4, 0.5) is 13.2 Å². The van der Waals surface area contributed by atoms with E-state index in [0.29, 0.717) is 17.4 Å². The van der Waals surface area contributed by atoms with Crippen molar-refractivity contribution in [2.24, 2.45) is 17.6 Å². The molecule has 1 saturated carbocycles. The molecule has 6 heteroatoms. The van der Waals surface area contributed by atoms with Gasteiger partial charge in [0.2, 0.25) is 0 Å². The normalized spacial score (nSPS) is 23.2. The number of likely N-dealkylation sites (N-methyl/N-ethyl adjacent to an activating group) is 1. The quantitative estimate of drug-likeness (QED) is 0.877. The summed E-state index contributed by atoms with van der Waals surface area (Å²) >= 11 is 0. The van der Waals surface area contributed by atoms with Gasteiger partial charge in [0.25, 0.3) is 0 Å². The molecule has 0 saturated heterocycles. The van der Waals surface area contributed by atoms with Crippen LogP contribution < -0.4 is 10.5 Å². The van der Waals surface area contributed by atoms with Crippen LogP contribution >= 0.6 is 0 Å². The maximum Gasteiger partial charge on any atom is 0.573 e. The van der Waals surface area contributed by atoms with Crippen LogP contribution in [0.5, 0.6) is 5.75 Å². The first kappa shape index (κ1) is 16.1. The van der Waals surface area contributed by atoms with E-state index in [0.717, 1.165) is 6.54 Å². The van der Waals surface area contributed by atoms with Gasteiger partial charge in [-0.05, 0) is 31.4 Å². The number of hydrogen-bond donors (Lipinski definition) is 1. The van der Waals surface area contributed by atoms with Gasteiger partial charge in [-0.15, -0.1) is 13.2 Å². The zero-order chi connectivity index (χ0) is 15.6. The van der Waals surface area contributed by atoms with Gasteiger partial charge in [-0.2, -0.15) is 0 Å². The van der Waals surface area contributed by atoms with Gasteiger partial charge in [0.15, 0.2) is 0 Å². The molecule has 3 unspecified atom stereocenters. The summed E-state index contributed by atoms with van der Waals surface area (Å²) in [5.74, 6) is 1.13. The molecule has 1 aliphatic carbocycles. The minimum atomic E-state index is -4.70. The van der Waals surface area contributed by atoms with Crippen molar-refractivity contribution < 1.29 is 17.9 Å². The third-order valence-corrected chi connectivity index (χ3v) is 4.06. The van der Waals surface area contributed by atoms with Crippen molar-refractivity contribution in [3.05, 3.63) is 29.8 Å². The van der Waals surface area contributed by atoms with Crippen LogP contribution in [0.3, 0.4) is 0 Å². The highest BCUT2D eigenvalue weighted by Crippen LogP contribution is 2.40. The Hall–Kier alpha value is -1.27. The highest BCUT2D eigenvalue weighted by atomic mass is 19.4. The van der Waals surface area contributed by atoms with E-state index in [1.807, 2.05) is 11.9 Å². The second-order valence-corrected chi connectivity index (χ2v) is 5.75. The molecule has 3 nitrogen and oxygen atoms in total. The first-order chi connectivity index (χ1) is 9.81. The Morgan fingerprint density at radius 3 is 2.52 bits per heavy atom. The molecule has 1 aromatic carbocycles. The number of halogens is 3. The fourth-order valence-corrected chi connectivity index (χ4v) is 2.67. The molecule has 0 aliphatic heterocycles. The molecule has 0 amide bonds. The molecule has 2 N–H and O–H groups in total. The molecular formula is C15H21F3N2O. The van der Waals surface area contributed by atoms with Gasteiger partial charge in [0.1, 0.15) is 5.75 Å². The van der Waals surface area contributed by atoms with Crippen LogP contribution in [0, 0.1) is 11.8 Å². The Morgan fingerprint density at radius 1 is 1.38 bits per heavy atom. The van der Waals surface area contributed by atoms with Crippen molar-refractivity contribution in [1.29, 1.82) is 0 Å². The van der Waals surface area contributed by atoms with Crippen LogP contribution in [-0.4, -0.2) is 31.4 Å². The molecule has 3 atom stereocenters. The highest BCUT2D eigenvalue weighted by molar-refractivity contribution is 5.36. The number of alkyl halides is 3. The third kappa shape index (κ3) is 4.35. The van der Waals surface area contributed by atoms with E-state index in [2.05, 4.69) is 11.7 Å². The summed E-state index contributed by atoms with van der Waals surface area (Å²) in [6, 6.07) is 5.93. The highest BCUT2D eigenvalue weighted by Gasteiger charge is 2.36. The average Bonchev–Trinajstić information content (AvgIpc) is 3.06. The van der Waals surface area contributed by atoms with Gasteiger partial charge >= 0.3 is 6.36 Å². The molecule has 1 aliphatic rings. The van der Waals surface area contributed by atoms with Crippen molar-refractivity contribution in [3.8, 4) is 5.75 Å². The summed E-state index contributed by atoms with van der Waals surface area (Å²) in [6.07, 6.45) is -3.53. The molecule has 0 heterocycles. The summed E-state index contributed by atoms with van der Waals surface area (Å²) in [7, 11) is 1.90. The smallest absolute Gasteiger partial charge is 0.405 e. The molecule has 21 heavy (non-hydrogen) atoms. The first-order valence-electron chi connectivity index (χ1n) is 7.06. The van der Waals surface area contributed by atoms with Gasteiger partial charge in [-0.1, -0.05) is 25.1 Å². The summed E-state index contributed by atoms with van der Waals surface area (Å²) < 4.78 is 41.6. The van der Waals surface area contributed by atoms with E-state index in [4.69, 9.17) is 5.73 Å². The van der Waals surface area contributed by atoms with Gasteiger partial charge in [-0.3, -0.25) is 4.90 Å². The molecule has 2 rings (SSSR count). The van der Waals surface area contributed by atoms with Crippen LogP contribution in [-0.2, 0) is 0 Å². The monoisotopic (exact) mass is 302 g/mol. The van der Waals surface area contributed by atoms with Gasteiger partial charge in [-0.25, -0.2) is 0 Å².